The van der Waals surface area contributed by atoms with Crippen LogP contribution >= 0.6 is 11.3 Å². The van der Waals surface area contributed by atoms with Crippen molar-refractivity contribution in [3.8, 4) is 5.75 Å². The van der Waals surface area contributed by atoms with Gasteiger partial charge in [0.25, 0.3) is 5.91 Å². The molecule has 220 valence electrons. The molecule has 4 N–H and O–H groups in total. The Hall–Kier alpha value is -2.58. The number of benzene rings is 1. The molecule has 2 aliphatic heterocycles. The minimum Gasteiger partial charge on any atom is -0.497 e. The molecule has 1 unspecified atom stereocenters. The molecule has 0 bridgehead atoms. The number of likely N-dealkylation sites (tertiary alicyclic amines) is 1. The maximum Gasteiger partial charge on any atom is 0.323 e. The van der Waals surface area contributed by atoms with Crippen molar-refractivity contribution < 1.29 is 27.9 Å². The molecule has 0 aliphatic carbocycles. The lowest BCUT2D eigenvalue weighted by Gasteiger charge is -2.39. The van der Waals surface area contributed by atoms with Gasteiger partial charge in [-0.1, -0.05) is 13.8 Å². The number of nitrogens with zero attached hydrogens (tertiary/aromatic N) is 2. The van der Waals surface area contributed by atoms with Crippen LogP contribution in [0.15, 0.2) is 29.2 Å². The van der Waals surface area contributed by atoms with Crippen LogP contribution in [0.3, 0.4) is 0 Å². The first-order valence-corrected chi connectivity index (χ1v) is 16.0. The van der Waals surface area contributed by atoms with E-state index in [0.717, 1.165) is 44.0 Å². The third-order valence-electron chi connectivity index (χ3n) is 7.56. The van der Waals surface area contributed by atoms with Gasteiger partial charge in [0.05, 0.1) is 22.7 Å². The summed E-state index contributed by atoms with van der Waals surface area (Å²) < 4.78 is 32.7. The van der Waals surface area contributed by atoms with E-state index >= 15 is 0 Å². The topological polar surface area (TPSA) is 150 Å². The molecule has 1 amide bonds. The predicted octanol–water partition coefficient (Wildman–Crippen LogP) is 2.37. The number of carboxylic acids is 1. The summed E-state index contributed by atoms with van der Waals surface area (Å²) in [5, 5.41) is 16.6. The second-order valence-electron chi connectivity index (χ2n) is 10.6. The minimum absolute atomic E-state index is 0.00410. The van der Waals surface area contributed by atoms with Gasteiger partial charge in [-0.2, -0.15) is 4.72 Å². The molecule has 0 saturated carbocycles. The molecule has 13 heteroatoms. The summed E-state index contributed by atoms with van der Waals surface area (Å²) >= 11 is 1.36. The van der Waals surface area contributed by atoms with E-state index in [1.54, 1.807) is 0 Å². The van der Waals surface area contributed by atoms with E-state index in [1.165, 1.54) is 55.6 Å². The summed E-state index contributed by atoms with van der Waals surface area (Å²) in [7, 11) is -2.68. The van der Waals surface area contributed by atoms with Crippen LogP contribution in [0.1, 0.15) is 71.7 Å². The first-order valence-electron chi connectivity index (χ1n) is 13.7. The molecular formula is C27H39N5O6S2. The third kappa shape index (κ3) is 7.38. The summed E-state index contributed by atoms with van der Waals surface area (Å²) in [6.07, 6.45) is 4.34. The lowest BCUT2D eigenvalue weighted by atomic mass is 9.94. The Bertz CT molecular complexity index is 1270. The van der Waals surface area contributed by atoms with Crippen LogP contribution in [0.5, 0.6) is 5.75 Å². The number of rotatable bonds is 11. The summed E-state index contributed by atoms with van der Waals surface area (Å²) in [5.74, 6) is -1.09. The molecule has 0 radical (unpaired) electrons. The number of methoxy groups -OCH3 is 1. The number of carbonyl (C=O) groups is 2. The molecule has 2 aromatic rings. The van der Waals surface area contributed by atoms with Crippen LogP contribution < -0.4 is 20.1 Å². The fourth-order valence-electron chi connectivity index (χ4n) is 5.23. The van der Waals surface area contributed by atoms with Crippen LogP contribution in [-0.4, -0.2) is 87.2 Å². The summed E-state index contributed by atoms with van der Waals surface area (Å²) in [6.45, 7) is 7.70. The number of amides is 1. The lowest BCUT2D eigenvalue weighted by Crippen LogP contribution is -2.48. The number of ether oxygens (including phenoxy) is 1. The molecule has 1 aromatic heterocycles. The van der Waals surface area contributed by atoms with Gasteiger partial charge in [0.2, 0.25) is 10.0 Å². The lowest BCUT2D eigenvalue weighted by molar-refractivity contribution is -0.138. The molecule has 0 spiro atoms. The van der Waals surface area contributed by atoms with Crippen molar-refractivity contribution in [2.45, 2.75) is 68.3 Å². The molecule has 11 nitrogen and oxygen atoms in total. The molecule has 1 aromatic carbocycles. The zero-order valence-corrected chi connectivity index (χ0v) is 24.8. The van der Waals surface area contributed by atoms with Crippen molar-refractivity contribution in [1.29, 1.82) is 0 Å². The molecule has 4 rings (SSSR count). The Labute approximate surface area is 239 Å². The summed E-state index contributed by atoms with van der Waals surface area (Å²) in [6, 6.07) is 4.67. The highest BCUT2D eigenvalue weighted by Gasteiger charge is 2.31. The van der Waals surface area contributed by atoms with E-state index in [4.69, 9.17) is 9.72 Å². The Balaban J connectivity index is 1.40. The van der Waals surface area contributed by atoms with Gasteiger partial charge in [-0.05, 0) is 82.0 Å². The Morgan fingerprint density at radius 1 is 1.15 bits per heavy atom. The maximum absolute atomic E-state index is 13.2. The number of hydrogen-bond acceptors (Lipinski definition) is 9. The zero-order chi connectivity index (χ0) is 28.9. The van der Waals surface area contributed by atoms with E-state index in [9.17, 15) is 23.1 Å². The number of hydrogen-bond donors (Lipinski definition) is 4. The van der Waals surface area contributed by atoms with Gasteiger partial charge in [-0.3, -0.25) is 9.59 Å². The van der Waals surface area contributed by atoms with E-state index in [1.807, 2.05) is 13.8 Å². The quantitative estimate of drug-likeness (QED) is 0.308. The van der Waals surface area contributed by atoms with Gasteiger partial charge in [0, 0.05) is 18.5 Å². The number of sulfonamides is 1. The maximum atomic E-state index is 13.2. The number of nitrogens with one attached hydrogen (secondary N) is 3. The van der Waals surface area contributed by atoms with Crippen molar-refractivity contribution >= 4 is 33.2 Å². The SMILES string of the molecule is COc1ccc(S(=O)(=O)NC(CNC(=O)c2sc(C3CCN(C4CCNCC4)CC3)nc2C(C)C)C(=O)O)cc1. The number of piperidine rings is 2. The number of aromatic nitrogens is 1. The number of thiazole rings is 1. The fraction of sp³-hybridized carbons (Fsp3) is 0.593. The van der Waals surface area contributed by atoms with Crippen LogP contribution in [0.25, 0.3) is 0 Å². The van der Waals surface area contributed by atoms with E-state index in [0.29, 0.717) is 22.4 Å². The summed E-state index contributed by atoms with van der Waals surface area (Å²) in [4.78, 5) is 32.9. The van der Waals surface area contributed by atoms with E-state index in [-0.39, 0.29) is 16.7 Å². The Morgan fingerprint density at radius 2 is 1.80 bits per heavy atom. The van der Waals surface area contributed by atoms with Crippen LogP contribution in [0.4, 0.5) is 0 Å². The second-order valence-corrected chi connectivity index (χ2v) is 13.4. The monoisotopic (exact) mass is 593 g/mol. The molecule has 3 heterocycles. The van der Waals surface area contributed by atoms with Crippen molar-refractivity contribution in [2.75, 3.05) is 39.8 Å². The van der Waals surface area contributed by atoms with Crippen molar-refractivity contribution in [3.05, 3.63) is 39.8 Å². The number of carbonyl (C=O) groups excluding carboxylic acids is 1. The smallest absolute Gasteiger partial charge is 0.323 e. The highest BCUT2D eigenvalue weighted by molar-refractivity contribution is 7.89. The average molecular weight is 594 g/mol. The normalized spacial score (nSPS) is 18.5. The van der Waals surface area contributed by atoms with Gasteiger partial charge >= 0.3 is 5.97 Å². The standard InChI is InChI=1S/C27H39N5O6S2/c1-17(2)23-24(39-26(30-23)18-10-14-32(15-11-18)19-8-12-28-13-9-19)25(33)29-16-22(27(34)35)31-40(36,37)21-6-4-20(38-3)5-7-21/h4-7,17-19,22,28,31H,8-16H2,1-3H3,(H,29,33)(H,34,35). The van der Waals surface area contributed by atoms with Gasteiger partial charge in [0.1, 0.15) is 16.7 Å². The van der Waals surface area contributed by atoms with Crippen LogP contribution in [0, 0.1) is 0 Å². The van der Waals surface area contributed by atoms with Crippen molar-refractivity contribution in [2.24, 2.45) is 0 Å². The van der Waals surface area contributed by atoms with Crippen LogP contribution in [0.2, 0.25) is 0 Å². The second kappa shape index (κ2) is 13.4. The van der Waals surface area contributed by atoms with Crippen LogP contribution in [-0.2, 0) is 14.8 Å². The third-order valence-corrected chi connectivity index (χ3v) is 10.3. The number of carboxylic acid groups (broad SMARTS) is 1. The first-order chi connectivity index (χ1) is 19.1. The first kappa shape index (κ1) is 30.4. The molecular weight excluding hydrogens is 554 g/mol. The molecule has 2 saturated heterocycles. The highest BCUT2D eigenvalue weighted by Crippen LogP contribution is 2.35. The van der Waals surface area contributed by atoms with Gasteiger partial charge < -0.3 is 25.4 Å². The average Bonchev–Trinajstić information content (AvgIpc) is 3.42. The molecule has 1 atom stereocenters. The van der Waals surface area contributed by atoms with E-state index < -0.39 is 34.5 Å². The van der Waals surface area contributed by atoms with Gasteiger partial charge in [-0.15, -0.1) is 11.3 Å². The highest BCUT2D eigenvalue weighted by atomic mass is 32.2. The minimum atomic E-state index is -4.14. The van der Waals surface area contributed by atoms with E-state index in [2.05, 4.69) is 20.3 Å². The predicted molar refractivity (Wildman–Crippen MR) is 153 cm³/mol. The molecule has 2 fully saturated rings. The van der Waals surface area contributed by atoms with Gasteiger partial charge in [-0.25, -0.2) is 13.4 Å². The molecule has 40 heavy (non-hydrogen) atoms. The Kier molecular flexibility index (Phi) is 10.2. The van der Waals surface area contributed by atoms with Crippen molar-refractivity contribution in [1.82, 2.24) is 25.2 Å². The zero-order valence-electron chi connectivity index (χ0n) is 23.2. The fourth-order valence-corrected chi connectivity index (χ4v) is 7.72. The summed E-state index contributed by atoms with van der Waals surface area (Å²) in [5.41, 5.74) is 0.684. The molecule has 2 aliphatic rings. The Morgan fingerprint density at radius 3 is 2.38 bits per heavy atom. The largest absolute Gasteiger partial charge is 0.497 e. The van der Waals surface area contributed by atoms with Crippen molar-refractivity contribution in [3.63, 3.8) is 0 Å². The van der Waals surface area contributed by atoms with Gasteiger partial charge in [0.15, 0.2) is 0 Å². The number of aliphatic carboxylic acids is 1.